The number of hydrogen-bond donors (Lipinski definition) is 1. The normalized spacial score (nSPS) is 12.4. The lowest BCUT2D eigenvalue weighted by Gasteiger charge is -2.22. The number of nitrogens with one attached hydrogen (secondary N) is 1. The summed E-state index contributed by atoms with van der Waals surface area (Å²) in [6.45, 7) is 9.77. The zero-order chi connectivity index (χ0) is 12.9. The summed E-state index contributed by atoms with van der Waals surface area (Å²) >= 11 is 7.58. The highest BCUT2D eigenvalue weighted by Crippen LogP contribution is 2.22. The standard InChI is InChI=1S/C13H23ClN2S/c1-13(2,3)15-8-5-9-16(4)10-11-6-7-12(14)17-11/h6-7,15H,5,8-10H2,1-4H3. The Morgan fingerprint density at radius 2 is 2.06 bits per heavy atom. The summed E-state index contributed by atoms with van der Waals surface area (Å²) in [5.41, 5.74) is 0.222. The molecule has 98 valence electrons. The fourth-order valence-corrected chi connectivity index (χ4v) is 2.76. The molecule has 4 heteroatoms. The van der Waals surface area contributed by atoms with Crippen LogP contribution in [0.3, 0.4) is 0 Å². The average molecular weight is 275 g/mol. The third-order valence-electron chi connectivity index (χ3n) is 2.43. The summed E-state index contributed by atoms with van der Waals surface area (Å²) in [6, 6.07) is 4.08. The number of nitrogens with zero attached hydrogens (tertiary/aromatic N) is 1. The first-order valence-electron chi connectivity index (χ1n) is 6.04. The van der Waals surface area contributed by atoms with Crippen LogP contribution in [0.5, 0.6) is 0 Å². The van der Waals surface area contributed by atoms with Crippen LogP contribution in [0.4, 0.5) is 0 Å². The maximum atomic E-state index is 5.91. The van der Waals surface area contributed by atoms with Crippen molar-refractivity contribution in [2.45, 2.75) is 39.3 Å². The van der Waals surface area contributed by atoms with Gasteiger partial charge in [-0.05, 0) is 59.5 Å². The van der Waals surface area contributed by atoms with Crippen LogP contribution in [-0.2, 0) is 6.54 Å². The molecular formula is C13H23ClN2S. The molecule has 1 aromatic rings. The third-order valence-corrected chi connectivity index (χ3v) is 3.64. The summed E-state index contributed by atoms with van der Waals surface area (Å²) in [7, 11) is 2.16. The van der Waals surface area contributed by atoms with Crippen molar-refractivity contribution in [2.24, 2.45) is 0 Å². The largest absolute Gasteiger partial charge is 0.312 e. The molecule has 0 fully saturated rings. The minimum Gasteiger partial charge on any atom is -0.312 e. The van der Waals surface area contributed by atoms with Gasteiger partial charge in [-0.1, -0.05) is 11.6 Å². The van der Waals surface area contributed by atoms with Crippen molar-refractivity contribution in [1.82, 2.24) is 10.2 Å². The first kappa shape index (κ1) is 15.0. The Balaban J connectivity index is 2.15. The van der Waals surface area contributed by atoms with E-state index in [0.717, 1.165) is 24.0 Å². The Labute approximate surface area is 114 Å². The van der Waals surface area contributed by atoms with Crippen LogP contribution >= 0.6 is 22.9 Å². The molecule has 1 aromatic heterocycles. The summed E-state index contributed by atoms with van der Waals surface area (Å²) < 4.78 is 0.878. The second-order valence-electron chi connectivity index (χ2n) is 5.47. The van der Waals surface area contributed by atoms with Gasteiger partial charge in [-0.25, -0.2) is 0 Å². The van der Waals surface area contributed by atoms with Crippen LogP contribution in [-0.4, -0.2) is 30.6 Å². The van der Waals surface area contributed by atoms with E-state index in [2.05, 4.69) is 44.1 Å². The smallest absolute Gasteiger partial charge is 0.0931 e. The molecule has 0 atom stereocenters. The van der Waals surface area contributed by atoms with E-state index in [1.807, 2.05) is 6.07 Å². The topological polar surface area (TPSA) is 15.3 Å². The van der Waals surface area contributed by atoms with Gasteiger partial charge in [-0.2, -0.15) is 0 Å². The Kier molecular flexibility index (Phi) is 5.93. The van der Waals surface area contributed by atoms with E-state index in [0.29, 0.717) is 0 Å². The van der Waals surface area contributed by atoms with E-state index in [1.165, 1.54) is 11.3 Å². The molecular weight excluding hydrogens is 252 g/mol. The molecule has 1 rings (SSSR count). The van der Waals surface area contributed by atoms with Crippen LogP contribution in [0.25, 0.3) is 0 Å². The van der Waals surface area contributed by atoms with Crippen molar-refractivity contribution in [2.75, 3.05) is 20.1 Å². The molecule has 0 spiro atoms. The first-order valence-corrected chi connectivity index (χ1v) is 7.24. The van der Waals surface area contributed by atoms with Gasteiger partial charge in [0.1, 0.15) is 0 Å². The molecule has 1 N–H and O–H groups in total. The van der Waals surface area contributed by atoms with Crippen LogP contribution in [0.1, 0.15) is 32.1 Å². The molecule has 0 aliphatic rings. The van der Waals surface area contributed by atoms with Crippen LogP contribution in [0, 0.1) is 0 Å². The molecule has 0 aliphatic heterocycles. The second-order valence-corrected chi connectivity index (χ2v) is 7.27. The van der Waals surface area contributed by atoms with E-state index >= 15 is 0 Å². The molecule has 0 unspecified atom stereocenters. The van der Waals surface area contributed by atoms with Gasteiger partial charge < -0.3 is 10.2 Å². The van der Waals surface area contributed by atoms with Crippen molar-refractivity contribution in [3.63, 3.8) is 0 Å². The molecule has 1 heterocycles. The quantitative estimate of drug-likeness (QED) is 0.798. The highest BCUT2D eigenvalue weighted by atomic mass is 35.5. The summed E-state index contributed by atoms with van der Waals surface area (Å²) in [4.78, 5) is 3.67. The average Bonchev–Trinajstić information content (AvgIpc) is 2.57. The van der Waals surface area contributed by atoms with E-state index in [4.69, 9.17) is 11.6 Å². The van der Waals surface area contributed by atoms with Gasteiger partial charge in [0.15, 0.2) is 0 Å². The molecule has 0 aliphatic carbocycles. The number of hydrogen-bond acceptors (Lipinski definition) is 3. The third kappa shape index (κ3) is 7.04. The van der Waals surface area contributed by atoms with Gasteiger partial charge in [0.05, 0.1) is 4.34 Å². The Hall–Kier alpha value is -0.0900. The maximum absolute atomic E-state index is 5.91. The Bertz CT molecular complexity index is 330. The van der Waals surface area contributed by atoms with Crippen LogP contribution in [0.15, 0.2) is 12.1 Å². The fraction of sp³-hybridized carbons (Fsp3) is 0.692. The van der Waals surface area contributed by atoms with Gasteiger partial charge >= 0.3 is 0 Å². The van der Waals surface area contributed by atoms with Crippen LogP contribution in [0.2, 0.25) is 4.34 Å². The first-order chi connectivity index (χ1) is 7.87. The lowest BCUT2D eigenvalue weighted by molar-refractivity contribution is 0.312. The fourth-order valence-electron chi connectivity index (χ4n) is 1.59. The predicted octanol–water partition coefficient (Wildman–Crippen LogP) is 3.61. The lowest BCUT2D eigenvalue weighted by atomic mass is 10.1. The van der Waals surface area contributed by atoms with Gasteiger partial charge in [0, 0.05) is 17.0 Å². The minimum absolute atomic E-state index is 0.222. The maximum Gasteiger partial charge on any atom is 0.0931 e. The molecule has 0 amide bonds. The van der Waals surface area contributed by atoms with E-state index in [9.17, 15) is 0 Å². The van der Waals surface area contributed by atoms with Crippen molar-refractivity contribution in [3.05, 3.63) is 21.3 Å². The molecule has 0 saturated heterocycles. The van der Waals surface area contributed by atoms with Gasteiger partial charge in [0.25, 0.3) is 0 Å². The van der Waals surface area contributed by atoms with Crippen molar-refractivity contribution < 1.29 is 0 Å². The molecule has 2 nitrogen and oxygen atoms in total. The van der Waals surface area contributed by atoms with E-state index in [-0.39, 0.29) is 5.54 Å². The SMILES string of the molecule is CN(CCCNC(C)(C)C)Cc1ccc(Cl)s1. The monoisotopic (exact) mass is 274 g/mol. The zero-order valence-electron chi connectivity index (χ0n) is 11.2. The molecule has 17 heavy (non-hydrogen) atoms. The van der Waals surface area contributed by atoms with E-state index < -0.39 is 0 Å². The Morgan fingerprint density at radius 1 is 1.35 bits per heavy atom. The summed E-state index contributed by atoms with van der Waals surface area (Å²) in [5.74, 6) is 0. The van der Waals surface area contributed by atoms with Gasteiger partial charge in [-0.3, -0.25) is 0 Å². The van der Waals surface area contributed by atoms with Crippen molar-refractivity contribution in [1.29, 1.82) is 0 Å². The highest BCUT2D eigenvalue weighted by Gasteiger charge is 2.08. The van der Waals surface area contributed by atoms with Crippen LogP contribution < -0.4 is 5.32 Å². The minimum atomic E-state index is 0.222. The molecule has 0 radical (unpaired) electrons. The predicted molar refractivity (Wildman–Crippen MR) is 78.0 cm³/mol. The molecule has 0 bridgehead atoms. The molecule has 0 saturated carbocycles. The van der Waals surface area contributed by atoms with E-state index in [1.54, 1.807) is 11.3 Å². The highest BCUT2D eigenvalue weighted by molar-refractivity contribution is 7.16. The van der Waals surface area contributed by atoms with Crippen molar-refractivity contribution in [3.8, 4) is 0 Å². The lowest BCUT2D eigenvalue weighted by Crippen LogP contribution is -2.37. The number of halogens is 1. The molecule has 0 aromatic carbocycles. The summed E-state index contributed by atoms with van der Waals surface area (Å²) in [5, 5.41) is 3.50. The zero-order valence-corrected chi connectivity index (χ0v) is 12.8. The van der Waals surface area contributed by atoms with Crippen molar-refractivity contribution >= 4 is 22.9 Å². The summed E-state index contributed by atoms with van der Waals surface area (Å²) in [6.07, 6.45) is 1.17. The number of thiophene rings is 1. The van der Waals surface area contributed by atoms with Gasteiger partial charge in [0.2, 0.25) is 0 Å². The number of rotatable bonds is 6. The Morgan fingerprint density at radius 3 is 2.59 bits per heavy atom. The van der Waals surface area contributed by atoms with Gasteiger partial charge in [-0.15, -0.1) is 11.3 Å². The second kappa shape index (κ2) is 6.74.